The topological polar surface area (TPSA) is 54.3 Å². The van der Waals surface area contributed by atoms with Crippen LogP contribution in [0.5, 0.6) is 0 Å². The van der Waals surface area contributed by atoms with E-state index in [-0.39, 0.29) is 24.5 Å². The maximum atomic E-state index is 13.5. The van der Waals surface area contributed by atoms with Gasteiger partial charge in [-0.1, -0.05) is 18.2 Å². The molecule has 1 aliphatic heterocycles. The van der Waals surface area contributed by atoms with E-state index in [0.29, 0.717) is 4.90 Å². The van der Waals surface area contributed by atoms with Gasteiger partial charge in [-0.15, -0.1) is 12.4 Å². The molecule has 1 aromatic heterocycles. The first-order chi connectivity index (χ1) is 11.0. The lowest BCUT2D eigenvalue weighted by atomic mass is 10.2. The molecule has 2 heterocycles. The van der Waals surface area contributed by atoms with Gasteiger partial charge in [-0.25, -0.2) is 8.42 Å². The van der Waals surface area contributed by atoms with Gasteiger partial charge in [0, 0.05) is 42.3 Å². The van der Waals surface area contributed by atoms with Crippen molar-refractivity contribution in [1.82, 2.24) is 14.2 Å². The molecule has 2 aromatic rings. The fourth-order valence-corrected chi connectivity index (χ4v) is 6.14. The second-order valence-electron chi connectivity index (χ2n) is 6.70. The normalized spacial score (nSPS) is 21.4. The molecule has 0 amide bonds. The average Bonchev–Trinajstić information content (AvgIpc) is 3.12. The number of nitrogens with one attached hydrogen (secondary N) is 1. The average molecular weight is 370 g/mol. The maximum Gasteiger partial charge on any atom is 0.246 e. The van der Waals surface area contributed by atoms with E-state index in [2.05, 4.69) is 5.32 Å². The summed E-state index contributed by atoms with van der Waals surface area (Å²) in [6.45, 7) is 3.57. The van der Waals surface area contributed by atoms with E-state index < -0.39 is 10.0 Å². The Morgan fingerprint density at radius 1 is 1.17 bits per heavy atom. The van der Waals surface area contributed by atoms with Crippen LogP contribution in [0.4, 0.5) is 0 Å². The number of hydrogen-bond donors (Lipinski definition) is 1. The summed E-state index contributed by atoms with van der Waals surface area (Å²) in [5, 5.41) is 4.14. The Labute approximate surface area is 149 Å². The van der Waals surface area contributed by atoms with E-state index in [4.69, 9.17) is 0 Å². The van der Waals surface area contributed by atoms with Gasteiger partial charge < -0.3 is 9.88 Å². The number of fused-ring (bicyclic) bond motifs is 1. The highest BCUT2D eigenvalue weighted by atomic mass is 35.5. The Hall–Kier alpha value is -1.08. The number of nitrogens with zero attached hydrogens (tertiary/aromatic N) is 2. The van der Waals surface area contributed by atoms with Crippen LogP contribution in [0, 0.1) is 6.92 Å². The molecule has 5 nitrogen and oxygen atoms in total. The van der Waals surface area contributed by atoms with Crippen LogP contribution < -0.4 is 5.32 Å². The molecule has 132 valence electrons. The van der Waals surface area contributed by atoms with Crippen molar-refractivity contribution in [2.45, 2.75) is 43.2 Å². The molecule has 2 fully saturated rings. The van der Waals surface area contributed by atoms with Gasteiger partial charge in [-0.05, 0) is 38.8 Å². The van der Waals surface area contributed by atoms with Crippen molar-refractivity contribution in [3.8, 4) is 0 Å². The highest BCUT2D eigenvalue weighted by Gasteiger charge is 2.44. The van der Waals surface area contributed by atoms with Gasteiger partial charge in [-0.2, -0.15) is 4.31 Å². The number of halogens is 1. The van der Waals surface area contributed by atoms with Gasteiger partial charge in [0.2, 0.25) is 10.0 Å². The first-order valence-electron chi connectivity index (χ1n) is 8.30. The van der Waals surface area contributed by atoms with Crippen molar-refractivity contribution in [3.63, 3.8) is 0 Å². The summed E-state index contributed by atoms with van der Waals surface area (Å²) in [5.41, 5.74) is 1.80. The lowest BCUT2D eigenvalue weighted by Gasteiger charge is -2.27. The van der Waals surface area contributed by atoms with Gasteiger partial charge >= 0.3 is 0 Å². The van der Waals surface area contributed by atoms with E-state index in [1.165, 1.54) is 0 Å². The predicted octanol–water partition coefficient (Wildman–Crippen LogP) is 2.42. The summed E-state index contributed by atoms with van der Waals surface area (Å²) in [4.78, 5) is 0.495. The number of benzene rings is 1. The standard InChI is InChI=1S/C17H23N3O2S.ClH/c1-12-17(15-5-3-4-6-16(15)19(12)2)23(21,22)20(13-7-8-13)14-9-10-18-11-14;/h3-6,13-14,18H,7-11H2,1-2H3;1H. The van der Waals surface area contributed by atoms with Gasteiger partial charge in [0.1, 0.15) is 4.90 Å². The van der Waals surface area contributed by atoms with E-state index in [1.54, 1.807) is 0 Å². The second kappa shape index (κ2) is 6.33. The maximum absolute atomic E-state index is 13.5. The van der Waals surface area contributed by atoms with Crippen LogP contribution in [-0.2, 0) is 17.1 Å². The molecular weight excluding hydrogens is 346 g/mol. The molecular formula is C17H24ClN3O2S. The lowest BCUT2D eigenvalue weighted by molar-refractivity contribution is 0.327. The van der Waals surface area contributed by atoms with Crippen LogP contribution in [0.3, 0.4) is 0 Å². The fraction of sp³-hybridized carbons (Fsp3) is 0.529. The van der Waals surface area contributed by atoms with Crippen LogP contribution in [0.1, 0.15) is 25.0 Å². The zero-order valence-electron chi connectivity index (χ0n) is 14.0. The molecule has 1 aromatic carbocycles. The monoisotopic (exact) mass is 369 g/mol. The minimum Gasteiger partial charge on any atom is -0.347 e. The summed E-state index contributed by atoms with van der Waals surface area (Å²) in [6, 6.07) is 8.05. The Bertz CT molecular complexity index is 852. The van der Waals surface area contributed by atoms with Crippen LogP contribution in [0.15, 0.2) is 29.2 Å². The minimum absolute atomic E-state index is 0. The molecule has 7 heteroatoms. The summed E-state index contributed by atoms with van der Waals surface area (Å²) < 4.78 is 30.9. The van der Waals surface area contributed by atoms with Crippen LogP contribution >= 0.6 is 12.4 Å². The van der Waals surface area contributed by atoms with Crippen molar-refractivity contribution in [3.05, 3.63) is 30.0 Å². The quantitative estimate of drug-likeness (QED) is 0.900. The molecule has 1 N–H and O–H groups in total. The second-order valence-corrected chi connectivity index (χ2v) is 8.48. The summed E-state index contributed by atoms with van der Waals surface area (Å²) in [7, 11) is -1.55. The molecule has 1 saturated carbocycles. The van der Waals surface area contributed by atoms with Crippen molar-refractivity contribution in [1.29, 1.82) is 0 Å². The summed E-state index contributed by atoms with van der Waals surface area (Å²) >= 11 is 0. The van der Waals surface area contributed by atoms with Gasteiger partial charge in [-0.3, -0.25) is 0 Å². The molecule has 1 unspecified atom stereocenters. The number of para-hydroxylation sites is 1. The van der Waals surface area contributed by atoms with Gasteiger partial charge in [0.05, 0.1) is 0 Å². The van der Waals surface area contributed by atoms with E-state index >= 15 is 0 Å². The Morgan fingerprint density at radius 2 is 1.88 bits per heavy atom. The minimum atomic E-state index is -3.49. The largest absolute Gasteiger partial charge is 0.347 e. The zero-order chi connectivity index (χ0) is 16.2. The lowest BCUT2D eigenvalue weighted by Crippen LogP contribution is -2.43. The Morgan fingerprint density at radius 3 is 2.50 bits per heavy atom. The third-order valence-corrected chi connectivity index (χ3v) is 7.36. The van der Waals surface area contributed by atoms with Crippen molar-refractivity contribution < 1.29 is 8.42 Å². The summed E-state index contributed by atoms with van der Waals surface area (Å²) in [5.74, 6) is 0. The zero-order valence-corrected chi connectivity index (χ0v) is 15.7. The van der Waals surface area contributed by atoms with Crippen molar-refractivity contribution in [2.24, 2.45) is 7.05 Å². The molecule has 1 aliphatic carbocycles. The first kappa shape index (κ1) is 17.7. The molecule has 24 heavy (non-hydrogen) atoms. The molecule has 1 saturated heterocycles. The van der Waals surface area contributed by atoms with Crippen molar-refractivity contribution >= 4 is 33.3 Å². The molecule has 1 atom stereocenters. The van der Waals surface area contributed by atoms with Crippen LogP contribution in [-0.4, -0.2) is 42.5 Å². The van der Waals surface area contributed by atoms with E-state index in [0.717, 1.165) is 48.9 Å². The smallest absolute Gasteiger partial charge is 0.246 e. The SMILES string of the molecule is Cc1c(S(=O)(=O)N(C2CC2)C2CCNC2)c2ccccc2n1C.Cl. The number of aromatic nitrogens is 1. The summed E-state index contributed by atoms with van der Waals surface area (Å²) in [6.07, 6.45) is 2.87. The Balaban J connectivity index is 0.00000169. The van der Waals surface area contributed by atoms with Crippen LogP contribution in [0.25, 0.3) is 10.9 Å². The van der Waals surface area contributed by atoms with Gasteiger partial charge in [0.25, 0.3) is 0 Å². The van der Waals surface area contributed by atoms with E-state index in [9.17, 15) is 8.42 Å². The fourth-order valence-electron chi connectivity index (χ4n) is 3.79. The third kappa shape index (κ3) is 2.65. The third-order valence-electron chi connectivity index (χ3n) is 5.18. The van der Waals surface area contributed by atoms with Crippen molar-refractivity contribution in [2.75, 3.05) is 13.1 Å². The molecule has 4 rings (SSSR count). The number of rotatable bonds is 4. The number of aryl methyl sites for hydroxylation is 1. The predicted molar refractivity (Wildman–Crippen MR) is 98.2 cm³/mol. The van der Waals surface area contributed by atoms with Crippen LogP contribution in [0.2, 0.25) is 0 Å². The highest BCUT2D eigenvalue weighted by molar-refractivity contribution is 7.89. The molecule has 0 bridgehead atoms. The molecule has 0 radical (unpaired) electrons. The number of sulfonamides is 1. The number of hydrogen-bond acceptors (Lipinski definition) is 3. The highest BCUT2D eigenvalue weighted by Crippen LogP contribution is 2.39. The first-order valence-corrected chi connectivity index (χ1v) is 9.74. The van der Waals surface area contributed by atoms with Gasteiger partial charge in [0.15, 0.2) is 0 Å². The van der Waals surface area contributed by atoms with E-state index in [1.807, 2.05) is 47.1 Å². The molecule has 0 spiro atoms. The molecule has 2 aliphatic rings. The Kier molecular flexibility index (Phi) is 4.68.